The van der Waals surface area contributed by atoms with Gasteiger partial charge in [0, 0.05) is 25.8 Å². The lowest BCUT2D eigenvalue weighted by Gasteiger charge is -2.31. The van der Waals surface area contributed by atoms with Crippen LogP contribution in [0.1, 0.15) is 0 Å². The SMILES string of the molecule is O=C1NC(=S)N(c2ccccc2F)C(=O)[C@@H]1C=NCCN1CCOCC1. The number of anilines is 1. The first kappa shape index (κ1) is 18.6. The molecule has 1 N–H and O–H groups in total. The molecule has 0 aliphatic carbocycles. The van der Waals surface area contributed by atoms with Crippen LogP contribution >= 0.6 is 12.2 Å². The molecule has 1 aromatic carbocycles. The van der Waals surface area contributed by atoms with Gasteiger partial charge in [-0.1, -0.05) is 12.1 Å². The Kier molecular flexibility index (Phi) is 6.02. The molecule has 2 aliphatic heterocycles. The second kappa shape index (κ2) is 8.43. The van der Waals surface area contributed by atoms with Crippen molar-refractivity contribution in [2.24, 2.45) is 10.9 Å². The van der Waals surface area contributed by atoms with E-state index in [1.807, 2.05) is 0 Å². The van der Waals surface area contributed by atoms with Crippen molar-refractivity contribution < 1.29 is 18.7 Å². The quantitative estimate of drug-likeness (QED) is 0.461. The summed E-state index contributed by atoms with van der Waals surface area (Å²) in [5, 5.41) is 2.30. The van der Waals surface area contributed by atoms with E-state index in [0.29, 0.717) is 19.8 Å². The average molecular weight is 378 g/mol. The van der Waals surface area contributed by atoms with Crippen molar-refractivity contribution in [3.63, 3.8) is 0 Å². The fraction of sp³-hybridized carbons (Fsp3) is 0.412. The predicted molar refractivity (Wildman–Crippen MR) is 98.7 cm³/mol. The summed E-state index contributed by atoms with van der Waals surface area (Å²) < 4.78 is 19.3. The Morgan fingerprint density at radius 2 is 2.04 bits per heavy atom. The van der Waals surface area contributed by atoms with Gasteiger partial charge in [-0.3, -0.25) is 24.4 Å². The zero-order valence-electron chi connectivity index (χ0n) is 14.1. The second-order valence-corrected chi connectivity index (χ2v) is 6.29. The van der Waals surface area contributed by atoms with Crippen LogP contribution in [0.4, 0.5) is 10.1 Å². The number of amides is 2. The Morgan fingerprint density at radius 1 is 1.31 bits per heavy atom. The van der Waals surface area contributed by atoms with Crippen LogP contribution in [0.15, 0.2) is 29.3 Å². The fourth-order valence-electron chi connectivity index (χ4n) is 2.79. The van der Waals surface area contributed by atoms with E-state index >= 15 is 0 Å². The van der Waals surface area contributed by atoms with Crippen LogP contribution in [0.2, 0.25) is 0 Å². The molecule has 7 nitrogen and oxygen atoms in total. The summed E-state index contributed by atoms with van der Waals surface area (Å²) in [6, 6.07) is 5.77. The van der Waals surface area contributed by atoms with Gasteiger partial charge in [0.2, 0.25) is 5.91 Å². The third-order valence-corrected chi connectivity index (χ3v) is 4.48. The first-order valence-electron chi connectivity index (χ1n) is 8.31. The van der Waals surface area contributed by atoms with E-state index in [9.17, 15) is 14.0 Å². The molecule has 3 rings (SSSR count). The monoisotopic (exact) mass is 378 g/mol. The third-order valence-electron chi connectivity index (χ3n) is 4.20. The number of thiocarbonyl (C=S) groups is 1. The van der Waals surface area contributed by atoms with Crippen molar-refractivity contribution in [2.75, 3.05) is 44.3 Å². The second-order valence-electron chi connectivity index (χ2n) is 5.91. The number of hydrogen-bond donors (Lipinski definition) is 1. The maximum absolute atomic E-state index is 14.0. The maximum atomic E-state index is 14.0. The van der Waals surface area contributed by atoms with Gasteiger partial charge < -0.3 is 10.1 Å². The molecule has 138 valence electrons. The molecule has 2 saturated heterocycles. The van der Waals surface area contributed by atoms with Gasteiger partial charge in [-0.05, 0) is 24.4 Å². The first-order valence-corrected chi connectivity index (χ1v) is 8.72. The molecule has 2 aliphatic rings. The standard InChI is InChI=1S/C17H19FN4O3S/c18-13-3-1-2-4-14(13)22-16(24)12(15(23)20-17(22)26)11-19-5-6-21-7-9-25-10-8-21/h1-4,11-12H,5-10H2,(H,20,23,26)/t12-/m1/s1. The highest BCUT2D eigenvalue weighted by molar-refractivity contribution is 7.80. The molecule has 0 radical (unpaired) electrons. The van der Waals surface area contributed by atoms with E-state index in [-0.39, 0.29) is 10.8 Å². The van der Waals surface area contributed by atoms with Crippen molar-refractivity contribution in [1.29, 1.82) is 0 Å². The average Bonchev–Trinajstić information content (AvgIpc) is 2.63. The Bertz CT molecular complexity index is 736. The first-order chi connectivity index (χ1) is 12.6. The number of nitrogens with zero attached hydrogens (tertiary/aromatic N) is 3. The molecule has 2 fully saturated rings. The zero-order valence-corrected chi connectivity index (χ0v) is 14.9. The summed E-state index contributed by atoms with van der Waals surface area (Å²) in [5.74, 6) is -2.89. The van der Waals surface area contributed by atoms with E-state index < -0.39 is 23.5 Å². The molecular formula is C17H19FN4O3S. The van der Waals surface area contributed by atoms with Crippen LogP contribution in [0.25, 0.3) is 0 Å². The van der Waals surface area contributed by atoms with Crippen LogP contribution in [-0.4, -0.2) is 67.4 Å². The van der Waals surface area contributed by atoms with Crippen molar-refractivity contribution in [2.45, 2.75) is 0 Å². The number of morpholine rings is 1. The molecule has 26 heavy (non-hydrogen) atoms. The summed E-state index contributed by atoms with van der Waals surface area (Å²) >= 11 is 5.04. The number of ether oxygens (including phenoxy) is 1. The molecule has 0 unspecified atom stereocenters. The highest BCUT2D eigenvalue weighted by Crippen LogP contribution is 2.23. The van der Waals surface area contributed by atoms with Crippen molar-refractivity contribution in [3.8, 4) is 0 Å². The lowest BCUT2D eigenvalue weighted by atomic mass is 10.1. The summed E-state index contributed by atoms with van der Waals surface area (Å²) in [6.45, 7) is 4.25. The Labute approximate surface area is 155 Å². The number of carbonyl (C=O) groups is 2. The molecular weight excluding hydrogens is 359 g/mol. The Hall–Kier alpha value is -2.23. The van der Waals surface area contributed by atoms with Crippen LogP contribution in [0.3, 0.4) is 0 Å². The number of carbonyl (C=O) groups excluding carboxylic acids is 2. The van der Waals surface area contributed by atoms with Gasteiger partial charge in [0.1, 0.15) is 5.82 Å². The van der Waals surface area contributed by atoms with E-state index in [1.54, 1.807) is 6.07 Å². The molecule has 2 heterocycles. The van der Waals surface area contributed by atoms with E-state index in [4.69, 9.17) is 17.0 Å². The number of halogens is 1. The molecule has 0 saturated carbocycles. The van der Waals surface area contributed by atoms with Crippen LogP contribution in [-0.2, 0) is 14.3 Å². The van der Waals surface area contributed by atoms with Gasteiger partial charge in [-0.25, -0.2) is 4.39 Å². The predicted octanol–water partition coefficient (Wildman–Crippen LogP) is 0.593. The summed E-state index contributed by atoms with van der Waals surface area (Å²) in [7, 11) is 0. The Balaban J connectivity index is 1.67. The molecule has 1 atom stereocenters. The molecule has 1 aromatic rings. The minimum Gasteiger partial charge on any atom is -0.379 e. The van der Waals surface area contributed by atoms with Gasteiger partial charge in [0.25, 0.3) is 5.91 Å². The summed E-state index contributed by atoms with van der Waals surface area (Å²) in [4.78, 5) is 32.2. The van der Waals surface area contributed by atoms with E-state index in [2.05, 4.69) is 15.2 Å². The summed E-state index contributed by atoms with van der Waals surface area (Å²) in [5.41, 5.74) is 0.00853. The van der Waals surface area contributed by atoms with Crippen molar-refractivity contribution in [1.82, 2.24) is 10.2 Å². The van der Waals surface area contributed by atoms with Crippen LogP contribution in [0, 0.1) is 11.7 Å². The minimum absolute atomic E-state index is 0.00853. The van der Waals surface area contributed by atoms with Crippen molar-refractivity contribution in [3.05, 3.63) is 30.1 Å². The van der Waals surface area contributed by atoms with Gasteiger partial charge in [-0.15, -0.1) is 0 Å². The van der Waals surface area contributed by atoms with Gasteiger partial charge in [0.15, 0.2) is 11.0 Å². The highest BCUT2D eigenvalue weighted by Gasteiger charge is 2.39. The normalized spacial score (nSPS) is 22.1. The van der Waals surface area contributed by atoms with Gasteiger partial charge in [-0.2, -0.15) is 0 Å². The number of hydrogen-bond acceptors (Lipinski definition) is 6. The topological polar surface area (TPSA) is 74.2 Å². The summed E-state index contributed by atoms with van der Waals surface area (Å²) in [6.07, 6.45) is 1.31. The van der Waals surface area contributed by atoms with Crippen LogP contribution in [0.5, 0.6) is 0 Å². The maximum Gasteiger partial charge on any atom is 0.251 e. The lowest BCUT2D eigenvalue weighted by Crippen LogP contribution is -2.58. The lowest BCUT2D eigenvalue weighted by molar-refractivity contribution is -0.130. The molecule has 9 heteroatoms. The zero-order chi connectivity index (χ0) is 18.5. The molecule has 0 bridgehead atoms. The smallest absolute Gasteiger partial charge is 0.251 e. The van der Waals surface area contributed by atoms with Gasteiger partial charge in [0.05, 0.1) is 25.4 Å². The number of para-hydroxylation sites is 1. The molecule has 0 aromatic heterocycles. The third kappa shape index (κ3) is 4.12. The Morgan fingerprint density at radius 3 is 2.77 bits per heavy atom. The molecule has 2 amide bonds. The number of rotatable bonds is 5. The molecule has 0 spiro atoms. The minimum atomic E-state index is -1.13. The van der Waals surface area contributed by atoms with Crippen LogP contribution < -0.4 is 10.2 Å². The van der Waals surface area contributed by atoms with E-state index in [0.717, 1.165) is 24.5 Å². The van der Waals surface area contributed by atoms with E-state index in [1.165, 1.54) is 24.4 Å². The van der Waals surface area contributed by atoms with Gasteiger partial charge >= 0.3 is 0 Å². The number of benzene rings is 1. The fourth-order valence-corrected chi connectivity index (χ4v) is 3.08. The number of nitrogens with one attached hydrogen (secondary N) is 1. The van der Waals surface area contributed by atoms with Crippen molar-refractivity contribution >= 4 is 41.0 Å². The largest absolute Gasteiger partial charge is 0.379 e. The highest BCUT2D eigenvalue weighted by atomic mass is 32.1. The number of aliphatic imine (C=N–C) groups is 1.